The van der Waals surface area contributed by atoms with Crippen LogP contribution in [0, 0.1) is 5.82 Å². The molecule has 0 aliphatic carbocycles. The van der Waals surface area contributed by atoms with E-state index in [1.54, 1.807) is 17.8 Å². The van der Waals surface area contributed by atoms with Crippen LogP contribution in [0.25, 0.3) is 0 Å². The Morgan fingerprint density at radius 2 is 2.12 bits per heavy atom. The monoisotopic (exact) mass is 241 g/mol. The summed E-state index contributed by atoms with van der Waals surface area (Å²) in [4.78, 5) is 0.746. The number of thioether (sulfide) groups is 1. The number of hydrogen-bond donors (Lipinski definition) is 1. The van der Waals surface area contributed by atoms with Crippen molar-refractivity contribution in [2.24, 2.45) is 5.73 Å². The minimum atomic E-state index is -0.112. The van der Waals surface area contributed by atoms with E-state index in [2.05, 4.69) is 6.92 Å². The highest BCUT2D eigenvalue weighted by atomic mass is 32.2. The summed E-state index contributed by atoms with van der Waals surface area (Å²) in [6, 6.07) is 5.60. The third-order valence-corrected chi connectivity index (χ3v) is 3.73. The average Bonchev–Trinajstić information content (AvgIpc) is 2.28. The number of halogens is 1. The Morgan fingerprint density at radius 1 is 1.38 bits per heavy atom. The molecule has 0 amide bonds. The van der Waals surface area contributed by atoms with Gasteiger partial charge in [-0.2, -0.15) is 0 Å². The molecule has 0 aliphatic heterocycles. The molecule has 0 radical (unpaired) electrons. The van der Waals surface area contributed by atoms with Crippen LogP contribution < -0.4 is 5.73 Å². The zero-order valence-electron chi connectivity index (χ0n) is 10.0. The summed E-state index contributed by atoms with van der Waals surface area (Å²) in [7, 11) is 0. The van der Waals surface area contributed by atoms with Crippen molar-refractivity contribution < 1.29 is 4.39 Å². The van der Waals surface area contributed by atoms with Gasteiger partial charge in [-0.05, 0) is 42.7 Å². The zero-order valence-corrected chi connectivity index (χ0v) is 10.8. The third kappa shape index (κ3) is 4.14. The highest BCUT2D eigenvalue weighted by Gasteiger charge is 2.06. The van der Waals surface area contributed by atoms with Gasteiger partial charge in [-0.3, -0.25) is 0 Å². The lowest BCUT2D eigenvalue weighted by Gasteiger charge is -2.10. The fourth-order valence-corrected chi connectivity index (χ4v) is 2.23. The summed E-state index contributed by atoms with van der Waals surface area (Å²) in [6.45, 7) is 4.14. The van der Waals surface area contributed by atoms with E-state index in [9.17, 15) is 4.39 Å². The van der Waals surface area contributed by atoms with E-state index in [-0.39, 0.29) is 11.9 Å². The van der Waals surface area contributed by atoms with Gasteiger partial charge in [0, 0.05) is 10.9 Å². The summed E-state index contributed by atoms with van der Waals surface area (Å²) < 4.78 is 13.7. The van der Waals surface area contributed by atoms with Crippen LogP contribution in [0.5, 0.6) is 0 Å². The van der Waals surface area contributed by atoms with Gasteiger partial charge in [-0.1, -0.05) is 19.9 Å². The normalized spacial score (nSPS) is 12.8. The molecular weight excluding hydrogens is 221 g/mol. The maximum atomic E-state index is 13.7. The Balaban J connectivity index is 2.66. The van der Waals surface area contributed by atoms with Crippen molar-refractivity contribution in [1.82, 2.24) is 0 Å². The van der Waals surface area contributed by atoms with Gasteiger partial charge in [0.05, 0.1) is 0 Å². The number of rotatable bonds is 6. The van der Waals surface area contributed by atoms with Crippen LogP contribution in [0.4, 0.5) is 4.39 Å². The number of hydrogen-bond acceptors (Lipinski definition) is 2. The lowest BCUT2D eigenvalue weighted by molar-refractivity contribution is 0.593. The van der Waals surface area contributed by atoms with E-state index in [0.29, 0.717) is 0 Å². The van der Waals surface area contributed by atoms with E-state index in [1.165, 1.54) is 0 Å². The second-order valence-electron chi connectivity index (χ2n) is 3.99. The number of nitrogens with two attached hydrogens (primary N) is 1. The minimum absolute atomic E-state index is 0.112. The second-order valence-corrected chi connectivity index (χ2v) is 5.12. The van der Waals surface area contributed by atoms with Crippen molar-refractivity contribution >= 4 is 11.8 Å². The standard InChI is InChI=1S/C13H20FNS/c1-3-7-16-13-6-5-10(9-12(13)14)8-11(15)4-2/h5-6,9,11H,3-4,7-8,15H2,1-2H3. The minimum Gasteiger partial charge on any atom is -0.327 e. The lowest BCUT2D eigenvalue weighted by Crippen LogP contribution is -2.21. The first-order chi connectivity index (χ1) is 7.67. The van der Waals surface area contributed by atoms with Gasteiger partial charge in [0.1, 0.15) is 5.82 Å². The van der Waals surface area contributed by atoms with Crippen LogP contribution >= 0.6 is 11.8 Å². The van der Waals surface area contributed by atoms with Crippen LogP contribution in [-0.4, -0.2) is 11.8 Å². The van der Waals surface area contributed by atoms with Crippen LogP contribution in [0.3, 0.4) is 0 Å². The first-order valence-electron chi connectivity index (χ1n) is 5.84. The maximum absolute atomic E-state index is 13.7. The van der Waals surface area contributed by atoms with Crippen LogP contribution in [0.1, 0.15) is 32.3 Å². The quantitative estimate of drug-likeness (QED) is 0.770. The smallest absolute Gasteiger partial charge is 0.137 e. The van der Waals surface area contributed by atoms with Crippen molar-refractivity contribution in [3.63, 3.8) is 0 Å². The first kappa shape index (κ1) is 13.5. The molecule has 2 N–H and O–H groups in total. The summed E-state index contributed by atoms with van der Waals surface area (Å²) in [5.74, 6) is 0.851. The van der Waals surface area contributed by atoms with Gasteiger partial charge in [-0.25, -0.2) is 4.39 Å². The molecule has 1 nitrogen and oxygen atoms in total. The van der Waals surface area contributed by atoms with Gasteiger partial charge in [0.25, 0.3) is 0 Å². The van der Waals surface area contributed by atoms with Crippen LogP contribution in [-0.2, 0) is 6.42 Å². The van der Waals surface area contributed by atoms with Crippen molar-refractivity contribution in [1.29, 1.82) is 0 Å². The van der Waals surface area contributed by atoms with E-state index < -0.39 is 0 Å². The van der Waals surface area contributed by atoms with Crippen molar-refractivity contribution in [2.75, 3.05) is 5.75 Å². The molecule has 0 saturated heterocycles. The molecule has 0 aromatic heterocycles. The first-order valence-corrected chi connectivity index (χ1v) is 6.82. The molecule has 0 fully saturated rings. The second kappa shape index (κ2) is 6.92. The molecule has 3 heteroatoms. The molecule has 1 unspecified atom stereocenters. The Morgan fingerprint density at radius 3 is 2.69 bits per heavy atom. The summed E-state index contributed by atoms with van der Waals surface area (Å²) in [5.41, 5.74) is 6.84. The van der Waals surface area contributed by atoms with Crippen LogP contribution in [0.15, 0.2) is 23.1 Å². The molecule has 1 aromatic rings. The largest absolute Gasteiger partial charge is 0.327 e. The molecule has 16 heavy (non-hydrogen) atoms. The topological polar surface area (TPSA) is 26.0 Å². The van der Waals surface area contributed by atoms with E-state index in [0.717, 1.165) is 35.5 Å². The van der Waals surface area contributed by atoms with E-state index in [4.69, 9.17) is 5.73 Å². The highest BCUT2D eigenvalue weighted by Crippen LogP contribution is 2.23. The van der Waals surface area contributed by atoms with Gasteiger partial charge in [-0.15, -0.1) is 11.8 Å². The summed E-state index contributed by atoms with van der Waals surface area (Å²) in [5, 5.41) is 0. The van der Waals surface area contributed by atoms with Gasteiger partial charge < -0.3 is 5.73 Å². The molecule has 90 valence electrons. The fraction of sp³-hybridized carbons (Fsp3) is 0.538. The van der Waals surface area contributed by atoms with Crippen LogP contribution in [0.2, 0.25) is 0 Å². The molecule has 0 spiro atoms. The Bertz CT molecular complexity index is 328. The molecule has 0 bridgehead atoms. The predicted molar refractivity (Wildman–Crippen MR) is 69.4 cm³/mol. The predicted octanol–water partition coefficient (Wildman–Crippen LogP) is 3.61. The molecular formula is C13H20FNS. The SMILES string of the molecule is CCCSc1ccc(CC(N)CC)cc1F. The summed E-state index contributed by atoms with van der Waals surface area (Å²) >= 11 is 1.57. The third-order valence-electron chi connectivity index (χ3n) is 2.48. The average molecular weight is 241 g/mol. The molecule has 0 saturated carbocycles. The van der Waals surface area contributed by atoms with Gasteiger partial charge in [0.15, 0.2) is 0 Å². The van der Waals surface area contributed by atoms with Crippen molar-refractivity contribution in [2.45, 2.75) is 44.0 Å². The van der Waals surface area contributed by atoms with Gasteiger partial charge in [0.2, 0.25) is 0 Å². The molecule has 1 aromatic carbocycles. The molecule has 0 heterocycles. The Labute approximate surface area is 102 Å². The van der Waals surface area contributed by atoms with Crippen molar-refractivity contribution in [3.05, 3.63) is 29.6 Å². The molecule has 1 atom stereocenters. The van der Waals surface area contributed by atoms with Gasteiger partial charge >= 0.3 is 0 Å². The Hall–Kier alpha value is -0.540. The van der Waals surface area contributed by atoms with E-state index >= 15 is 0 Å². The van der Waals surface area contributed by atoms with Crippen molar-refractivity contribution in [3.8, 4) is 0 Å². The lowest BCUT2D eigenvalue weighted by atomic mass is 10.0. The molecule has 0 aliphatic rings. The fourth-order valence-electron chi connectivity index (χ4n) is 1.45. The van der Waals surface area contributed by atoms with E-state index in [1.807, 2.05) is 19.1 Å². The maximum Gasteiger partial charge on any atom is 0.137 e. The Kier molecular flexibility index (Phi) is 5.85. The molecule has 1 rings (SSSR count). The summed E-state index contributed by atoms with van der Waals surface area (Å²) in [6.07, 6.45) is 2.74. The zero-order chi connectivity index (χ0) is 12.0. The number of benzene rings is 1. The highest BCUT2D eigenvalue weighted by molar-refractivity contribution is 7.99.